The molecule has 5 aliphatic rings. The van der Waals surface area contributed by atoms with Crippen LogP contribution in [0.5, 0.6) is 0 Å². The summed E-state index contributed by atoms with van der Waals surface area (Å²) in [4.78, 5) is 154. The summed E-state index contributed by atoms with van der Waals surface area (Å²) < 4.78 is 81.8. The second kappa shape index (κ2) is 29.8. The van der Waals surface area contributed by atoms with E-state index in [0.29, 0.717) is 37.3 Å². The zero-order chi connectivity index (χ0) is 69.8. The number of carbonyl (C=O) groups is 10. The van der Waals surface area contributed by atoms with Gasteiger partial charge in [-0.05, 0) is 105 Å². The molecule has 31 heteroatoms. The molecular formula is C65H82F4N11O14PS. The molecule has 6 heterocycles. The van der Waals surface area contributed by atoms with E-state index in [0.717, 1.165) is 40.3 Å². The van der Waals surface area contributed by atoms with Crippen LogP contribution in [0.3, 0.4) is 0 Å². The molecule has 25 nitrogen and oxygen atoms in total. The van der Waals surface area contributed by atoms with E-state index in [9.17, 15) is 66.2 Å². The highest BCUT2D eigenvalue weighted by atomic mass is 32.1. The average molecular weight is 1380 g/mol. The van der Waals surface area contributed by atoms with Crippen molar-refractivity contribution in [3.05, 3.63) is 99.4 Å². The van der Waals surface area contributed by atoms with Crippen LogP contribution in [0.2, 0.25) is 0 Å². The fraction of sp³-hybridized carbons (Fsp3) is 0.538. The molecule has 1 aromatic heterocycles. The Hall–Kier alpha value is -7.89. The van der Waals surface area contributed by atoms with Crippen LogP contribution in [0.1, 0.15) is 129 Å². The standard InChI is InChI=1S/C65H82F4N11O14PS/c1-63(2,3)39-12-10-37(11-13-39)30-46(60(88)78-28-26-76(27-29-78)25-23-71-44-9-7-8-42-43(44)33-79(59(42)87)48-18-21-54(82)75-56(48)84)73-55(83)45(16-20-53(70)81)72-57(85)49-17-15-41-22-24-77(35-52(66)67)34-47(61(89)80(41)49)74-58(86)51-32-38-31-40(14-19-50(38)96-51)65(68,69)95(91,92)94-36-93-62(90)64(4,5)6/h7-14,19,31-32,41,45-49,52,71H,15-18,20-30,33-36H2,1-6H3,(H2,70,81)(H,72,85)(H,73,83)(H,74,86)(H,91,92)(H,75,82,84)/t41-,45+,46+,47+,48?,49+/m1/s1. The van der Waals surface area contributed by atoms with Gasteiger partial charge in [0.15, 0.2) is 0 Å². The quantitative estimate of drug-likeness (QED) is 0.0161. The third-order valence-corrected chi connectivity index (χ3v) is 20.5. The molecule has 7 atom stereocenters. The van der Waals surface area contributed by atoms with Gasteiger partial charge in [0, 0.05) is 111 Å². The maximum atomic E-state index is 15.7. The molecule has 0 saturated carbocycles. The molecule has 9 rings (SSSR count). The first-order valence-corrected chi connectivity index (χ1v) is 34.3. The number of ether oxygens (including phenoxy) is 1. The third-order valence-electron chi connectivity index (χ3n) is 17.9. The summed E-state index contributed by atoms with van der Waals surface area (Å²) in [6.07, 6.45) is -2.76. The Labute approximate surface area is 556 Å². The van der Waals surface area contributed by atoms with E-state index < -0.39 is 134 Å². The van der Waals surface area contributed by atoms with Gasteiger partial charge in [-0.3, -0.25) is 72.2 Å². The van der Waals surface area contributed by atoms with Gasteiger partial charge >= 0.3 is 19.2 Å². The predicted molar refractivity (Wildman–Crippen MR) is 344 cm³/mol. The number of primary amides is 1. The van der Waals surface area contributed by atoms with E-state index in [1.54, 1.807) is 17.0 Å². The molecule has 0 radical (unpaired) electrons. The maximum absolute atomic E-state index is 15.7. The van der Waals surface area contributed by atoms with Crippen LogP contribution in [-0.2, 0) is 76.2 Å². The highest BCUT2D eigenvalue weighted by Crippen LogP contribution is 2.63. The van der Waals surface area contributed by atoms with Crippen molar-refractivity contribution in [2.45, 2.75) is 153 Å². The molecule has 2 unspecified atom stereocenters. The average Bonchev–Trinajstić information content (AvgIpc) is 1.20. The zero-order valence-electron chi connectivity index (χ0n) is 54.3. The summed E-state index contributed by atoms with van der Waals surface area (Å²) in [7, 11) is -5.85. The molecule has 0 spiro atoms. The van der Waals surface area contributed by atoms with E-state index in [4.69, 9.17) is 10.5 Å². The molecule has 96 heavy (non-hydrogen) atoms. The van der Waals surface area contributed by atoms with Gasteiger partial charge in [0.25, 0.3) is 18.2 Å². The number of nitrogens with zero attached hydrogens (tertiary/aromatic N) is 5. The number of hydrogen-bond donors (Lipinski definition) is 7. The molecule has 520 valence electrons. The Balaban J connectivity index is 0.871. The highest BCUT2D eigenvalue weighted by molar-refractivity contribution is 7.53. The molecule has 0 aliphatic carbocycles. The van der Waals surface area contributed by atoms with Gasteiger partial charge in [-0.15, -0.1) is 11.3 Å². The van der Waals surface area contributed by atoms with Gasteiger partial charge in [0.05, 0.1) is 16.8 Å². The number of imide groups is 1. The zero-order valence-corrected chi connectivity index (χ0v) is 56.0. The van der Waals surface area contributed by atoms with Crippen molar-refractivity contribution in [2.75, 3.05) is 71.0 Å². The molecule has 3 aromatic carbocycles. The Kier molecular flexibility index (Phi) is 22.5. The van der Waals surface area contributed by atoms with E-state index in [-0.39, 0.29) is 110 Å². The number of esters is 1. The largest absolute Gasteiger partial charge is 0.438 e. The smallest absolute Gasteiger partial charge is 0.404 e. The lowest BCUT2D eigenvalue weighted by atomic mass is 9.86. The Morgan fingerprint density at radius 1 is 0.844 bits per heavy atom. The summed E-state index contributed by atoms with van der Waals surface area (Å²) in [5, 5.41) is 14.0. The van der Waals surface area contributed by atoms with Gasteiger partial charge in [-0.1, -0.05) is 57.2 Å². The summed E-state index contributed by atoms with van der Waals surface area (Å²) >= 11 is 0.806. The molecule has 0 bridgehead atoms. The minimum absolute atomic E-state index is 0.0108. The van der Waals surface area contributed by atoms with Gasteiger partial charge in [-0.2, -0.15) is 8.78 Å². The summed E-state index contributed by atoms with van der Waals surface area (Å²) in [5.41, 5.74) is 2.49. The molecule has 4 aromatic rings. The van der Waals surface area contributed by atoms with Gasteiger partial charge < -0.3 is 51.3 Å². The Morgan fingerprint density at radius 3 is 2.22 bits per heavy atom. The number of halogens is 4. The number of hydrogen-bond acceptors (Lipinski definition) is 17. The number of nitrogens with two attached hydrogens (primary N) is 1. The SMILES string of the molecule is CC(C)(C)C(=O)OCOP(=O)(O)C(F)(F)c1ccc2sc(C(=O)N[C@H]3CN(CC(F)F)CC[C@H]4CC[C@@H](C(=O)N[C@@H](CCC(N)=O)C(=O)N[C@@H](Cc5ccc(C(C)(C)C)cc5)C(=O)N5CCN(CCNc6cccc7c6CN(C6CCC(=O)NC6=O)C7=O)CC5)N4C3=O)cc2c1. The number of benzene rings is 3. The monoisotopic (exact) mass is 1380 g/mol. The molecule has 9 amide bonds. The fourth-order valence-corrected chi connectivity index (χ4v) is 14.3. The fourth-order valence-electron chi connectivity index (χ4n) is 12.5. The lowest BCUT2D eigenvalue weighted by Crippen LogP contribution is -2.62. The predicted octanol–water partition coefficient (Wildman–Crippen LogP) is 4.92. The van der Waals surface area contributed by atoms with Crippen molar-refractivity contribution in [3.63, 3.8) is 0 Å². The molecule has 8 N–H and O–H groups in total. The lowest BCUT2D eigenvalue weighted by molar-refractivity contribution is -0.160. The first-order chi connectivity index (χ1) is 45.2. The van der Waals surface area contributed by atoms with Crippen molar-refractivity contribution in [2.24, 2.45) is 11.1 Å². The van der Waals surface area contributed by atoms with E-state index in [1.165, 1.54) is 47.6 Å². The van der Waals surface area contributed by atoms with Crippen molar-refractivity contribution in [1.29, 1.82) is 0 Å². The topological polar surface area (TPSA) is 329 Å². The second-order valence-electron chi connectivity index (χ2n) is 26.9. The number of amides is 9. The summed E-state index contributed by atoms with van der Waals surface area (Å²) in [6, 6.07) is 10.00. The van der Waals surface area contributed by atoms with E-state index >= 15 is 8.78 Å². The molecule has 4 saturated heterocycles. The van der Waals surface area contributed by atoms with Crippen LogP contribution in [0, 0.1) is 5.41 Å². The number of anilines is 1. The lowest BCUT2D eigenvalue weighted by Gasteiger charge is -2.39. The Bertz CT molecular complexity index is 3690. The summed E-state index contributed by atoms with van der Waals surface area (Å²) in [6.45, 7) is 10.8. The number of piperazine rings is 1. The molecule has 5 aliphatic heterocycles. The number of rotatable bonds is 24. The molecular weight excluding hydrogens is 1300 g/mol. The van der Waals surface area contributed by atoms with Crippen LogP contribution in [-0.4, -0.2) is 197 Å². The van der Waals surface area contributed by atoms with Gasteiger partial charge in [-0.25, -0.2) is 8.78 Å². The first kappa shape index (κ1) is 72.4. The number of fused-ring (bicyclic) bond motifs is 3. The molecule has 4 fully saturated rings. The Morgan fingerprint density at radius 2 is 1.55 bits per heavy atom. The second-order valence-corrected chi connectivity index (χ2v) is 29.9. The minimum atomic E-state index is -5.85. The van der Waals surface area contributed by atoms with Crippen LogP contribution in [0.15, 0.2) is 66.7 Å². The van der Waals surface area contributed by atoms with Gasteiger partial charge in [0.2, 0.25) is 48.1 Å². The van der Waals surface area contributed by atoms with Crippen LogP contribution in [0.25, 0.3) is 10.1 Å². The number of nitrogens with one attached hydrogen (secondary N) is 5. The highest BCUT2D eigenvalue weighted by Gasteiger charge is 2.54. The maximum Gasteiger partial charge on any atom is 0.404 e. The van der Waals surface area contributed by atoms with Crippen molar-refractivity contribution < 1.29 is 84.2 Å². The van der Waals surface area contributed by atoms with Crippen molar-refractivity contribution in [1.82, 2.24) is 45.8 Å². The number of alkyl halides is 4. The minimum Gasteiger partial charge on any atom is -0.438 e. The van der Waals surface area contributed by atoms with Crippen molar-refractivity contribution in [3.8, 4) is 0 Å². The number of piperidine rings is 1. The number of carbonyl (C=O) groups excluding carboxylic acids is 10. The first-order valence-electron chi connectivity index (χ1n) is 31.9. The van der Waals surface area contributed by atoms with Crippen LogP contribution >= 0.6 is 18.9 Å². The summed E-state index contributed by atoms with van der Waals surface area (Å²) in [5.74, 6) is -6.66. The van der Waals surface area contributed by atoms with E-state index in [1.807, 2.05) is 30.3 Å². The normalized spacial score (nSPS) is 21.1. The van der Waals surface area contributed by atoms with Crippen LogP contribution < -0.4 is 32.3 Å². The van der Waals surface area contributed by atoms with Crippen molar-refractivity contribution >= 4 is 93.8 Å². The van der Waals surface area contributed by atoms with E-state index in [2.05, 4.69) is 56.8 Å². The third kappa shape index (κ3) is 17.1. The number of thiophene rings is 1. The van der Waals surface area contributed by atoms with Gasteiger partial charge in [0.1, 0.15) is 30.2 Å². The van der Waals surface area contributed by atoms with Crippen LogP contribution in [0.4, 0.5) is 23.2 Å².